The molecule has 0 saturated carbocycles. The molecular formula is C20H21ClN2O4. The van der Waals surface area contributed by atoms with Crippen molar-refractivity contribution in [2.75, 3.05) is 6.54 Å². The molecule has 27 heavy (non-hydrogen) atoms. The Balaban J connectivity index is 1.98. The van der Waals surface area contributed by atoms with Crippen molar-refractivity contribution in [2.45, 2.75) is 32.4 Å². The maximum atomic E-state index is 13.1. The highest BCUT2D eigenvalue weighted by molar-refractivity contribution is 6.32. The summed E-state index contributed by atoms with van der Waals surface area (Å²) >= 11 is 5.91. The number of hydrogen-bond donors (Lipinski definition) is 3. The fourth-order valence-electron chi connectivity index (χ4n) is 3.21. The molecular weight excluding hydrogens is 368 g/mol. The van der Waals surface area contributed by atoms with E-state index in [1.54, 1.807) is 0 Å². The summed E-state index contributed by atoms with van der Waals surface area (Å²) in [6.45, 7) is 2.72. The number of fused-ring (bicyclic) bond motifs is 1. The van der Waals surface area contributed by atoms with Gasteiger partial charge in [0.1, 0.15) is 17.5 Å². The lowest BCUT2D eigenvalue weighted by Crippen LogP contribution is -2.52. The Kier molecular flexibility index (Phi) is 5.56. The van der Waals surface area contributed by atoms with Gasteiger partial charge in [0, 0.05) is 25.6 Å². The molecule has 0 saturated heterocycles. The number of phenols is 2. The molecule has 0 aliphatic carbocycles. The molecule has 2 amide bonds. The molecule has 2 aromatic rings. The van der Waals surface area contributed by atoms with E-state index >= 15 is 0 Å². The number of aromatic hydroxyl groups is 2. The number of amides is 2. The summed E-state index contributed by atoms with van der Waals surface area (Å²) in [6.07, 6.45) is 1.18. The molecule has 2 aromatic carbocycles. The predicted octanol–water partition coefficient (Wildman–Crippen LogP) is 2.84. The third-order valence-electron chi connectivity index (χ3n) is 4.66. The summed E-state index contributed by atoms with van der Waals surface area (Å²) in [7, 11) is 0. The van der Waals surface area contributed by atoms with E-state index in [4.69, 9.17) is 11.6 Å². The molecule has 0 unspecified atom stereocenters. The quantitative estimate of drug-likeness (QED) is 0.751. The van der Waals surface area contributed by atoms with E-state index in [9.17, 15) is 19.8 Å². The first-order valence-corrected chi connectivity index (χ1v) is 9.17. The molecule has 1 aliphatic heterocycles. The van der Waals surface area contributed by atoms with Gasteiger partial charge in [-0.25, -0.2) is 0 Å². The lowest BCUT2D eigenvalue weighted by atomic mass is 9.92. The molecule has 1 atom stereocenters. The summed E-state index contributed by atoms with van der Waals surface area (Å²) in [4.78, 5) is 27.3. The van der Waals surface area contributed by atoms with E-state index in [0.717, 1.165) is 23.6 Å². The van der Waals surface area contributed by atoms with Crippen molar-refractivity contribution < 1.29 is 19.8 Å². The van der Waals surface area contributed by atoms with E-state index in [0.29, 0.717) is 13.0 Å². The molecule has 1 heterocycles. The van der Waals surface area contributed by atoms with Crippen LogP contribution in [-0.4, -0.2) is 39.5 Å². The van der Waals surface area contributed by atoms with Crippen molar-refractivity contribution in [2.24, 2.45) is 0 Å². The van der Waals surface area contributed by atoms with Crippen LogP contribution in [0.4, 0.5) is 0 Å². The largest absolute Gasteiger partial charge is 0.507 e. The maximum absolute atomic E-state index is 13.1. The first kappa shape index (κ1) is 19.0. The molecule has 0 spiro atoms. The highest BCUT2D eigenvalue weighted by atomic mass is 35.5. The van der Waals surface area contributed by atoms with Crippen LogP contribution in [0.5, 0.6) is 11.5 Å². The summed E-state index contributed by atoms with van der Waals surface area (Å²) in [5.74, 6) is -1.44. The zero-order chi connectivity index (χ0) is 19.6. The fraction of sp³-hybridized carbons (Fsp3) is 0.300. The third-order valence-corrected chi connectivity index (χ3v) is 4.96. The van der Waals surface area contributed by atoms with Crippen molar-refractivity contribution in [3.63, 3.8) is 0 Å². The number of nitrogens with zero attached hydrogens (tertiary/aromatic N) is 1. The van der Waals surface area contributed by atoms with Crippen molar-refractivity contribution in [3.8, 4) is 11.5 Å². The average molecular weight is 389 g/mol. The Morgan fingerprint density at radius 1 is 1.19 bits per heavy atom. The van der Waals surface area contributed by atoms with Crippen LogP contribution in [0, 0.1) is 0 Å². The first-order valence-electron chi connectivity index (χ1n) is 8.79. The Morgan fingerprint density at radius 2 is 1.89 bits per heavy atom. The van der Waals surface area contributed by atoms with Gasteiger partial charge in [0.15, 0.2) is 0 Å². The second-order valence-electron chi connectivity index (χ2n) is 6.53. The van der Waals surface area contributed by atoms with Crippen LogP contribution in [0.1, 0.15) is 34.8 Å². The molecule has 7 heteroatoms. The number of carbonyl (C=O) groups excluding carboxylic acids is 2. The van der Waals surface area contributed by atoms with Gasteiger partial charge in [-0.15, -0.1) is 0 Å². The van der Waals surface area contributed by atoms with Crippen molar-refractivity contribution in [1.82, 2.24) is 10.2 Å². The van der Waals surface area contributed by atoms with Crippen molar-refractivity contribution in [1.29, 1.82) is 0 Å². The molecule has 0 fully saturated rings. The SMILES string of the molecule is CCCNC(=O)[C@@H]1Cc2ccccc2CN1C(=O)c1cc(Cl)c(O)cc1O. The smallest absolute Gasteiger partial charge is 0.258 e. The Hall–Kier alpha value is -2.73. The summed E-state index contributed by atoms with van der Waals surface area (Å²) in [6, 6.07) is 9.21. The molecule has 0 aromatic heterocycles. The van der Waals surface area contributed by atoms with E-state index in [1.807, 2.05) is 31.2 Å². The van der Waals surface area contributed by atoms with E-state index < -0.39 is 11.9 Å². The van der Waals surface area contributed by atoms with Gasteiger partial charge in [-0.05, 0) is 23.6 Å². The molecule has 1 aliphatic rings. The number of hydrogen-bond acceptors (Lipinski definition) is 4. The lowest BCUT2D eigenvalue weighted by Gasteiger charge is -2.36. The van der Waals surface area contributed by atoms with Crippen LogP contribution >= 0.6 is 11.6 Å². The van der Waals surface area contributed by atoms with Crippen molar-refractivity contribution in [3.05, 3.63) is 58.1 Å². The second kappa shape index (κ2) is 7.88. The zero-order valence-electron chi connectivity index (χ0n) is 14.9. The Morgan fingerprint density at radius 3 is 2.59 bits per heavy atom. The van der Waals surface area contributed by atoms with Gasteiger partial charge in [-0.1, -0.05) is 42.8 Å². The second-order valence-corrected chi connectivity index (χ2v) is 6.94. The molecule has 6 nitrogen and oxygen atoms in total. The van der Waals surface area contributed by atoms with Crippen LogP contribution in [0.3, 0.4) is 0 Å². The van der Waals surface area contributed by atoms with Crippen LogP contribution in [0.25, 0.3) is 0 Å². The van der Waals surface area contributed by atoms with Crippen LogP contribution < -0.4 is 5.32 Å². The summed E-state index contributed by atoms with van der Waals surface area (Å²) in [5, 5.41) is 22.5. The van der Waals surface area contributed by atoms with Crippen LogP contribution in [0.15, 0.2) is 36.4 Å². The number of halogens is 1. The van der Waals surface area contributed by atoms with Crippen molar-refractivity contribution >= 4 is 23.4 Å². The number of rotatable bonds is 4. The van der Waals surface area contributed by atoms with Gasteiger partial charge in [0.05, 0.1) is 10.6 Å². The van der Waals surface area contributed by atoms with E-state index in [1.165, 1.54) is 11.0 Å². The first-order chi connectivity index (χ1) is 12.9. The Bertz CT molecular complexity index is 884. The zero-order valence-corrected chi connectivity index (χ0v) is 15.7. The van der Waals surface area contributed by atoms with Crippen LogP contribution in [0.2, 0.25) is 5.02 Å². The number of nitrogens with one attached hydrogen (secondary N) is 1. The van der Waals surface area contributed by atoms with Gasteiger partial charge >= 0.3 is 0 Å². The highest BCUT2D eigenvalue weighted by Crippen LogP contribution is 2.33. The minimum Gasteiger partial charge on any atom is -0.507 e. The predicted molar refractivity (Wildman–Crippen MR) is 102 cm³/mol. The molecule has 3 rings (SSSR count). The van der Waals surface area contributed by atoms with Gasteiger partial charge in [-0.2, -0.15) is 0 Å². The van der Waals surface area contributed by atoms with Gasteiger partial charge in [-0.3, -0.25) is 9.59 Å². The number of benzene rings is 2. The third kappa shape index (κ3) is 3.85. The fourth-order valence-corrected chi connectivity index (χ4v) is 3.38. The van der Waals surface area contributed by atoms with Gasteiger partial charge < -0.3 is 20.4 Å². The Labute approximate surface area is 162 Å². The van der Waals surface area contributed by atoms with E-state index in [-0.39, 0.29) is 34.5 Å². The molecule has 3 N–H and O–H groups in total. The van der Waals surface area contributed by atoms with E-state index in [2.05, 4.69) is 5.32 Å². The minimum atomic E-state index is -0.689. The summed E-state index contributed by atoms with van der Waals surface area (Å²) < 4.78 is 0. The van der Waals surface area contributed by atoms with Gasteiger partial charge in [0.25, 0.3) is 5.91 Å². The van der Waals surface area contributed by atoms with Gasteiger partial charge in [0.2, 0.25) is 5.91 Å². The summed E-state index contributed by atoms with van der Waals surface area (Å²) in [5.41, 5.74) is 1.92. The highest BCUT2D eigenvalue weighted by Gasteiger charge is 2.35. The molecule has 142 valence electrons. The maximum Gasteiger partial charge on any atom is 0.258 e. The monoisotopic (exact) mass is 388 g/mol. The minimum absolute atomic E-state index is 0.0412. The topological polar surface area (TPSA) is 89.9 Å². The molecule has 0 bridgehead atoms. The number of phenolic OH excluding ortho intramolecular Hbond substituents is 2. The normalized spacial score (nSPS) is 15.9. The molecule has 0 radical (unpaired) electrons. The standard InChI is InChI=1S/C20H21ClN2O4/c1-2-7-22-19(26)16-8-12-5-3-4-6-13(12)11-23(16)20(27)14-9-15(21)18(25)10-17(14)24/h3-6,9-10,16,24-25H,2,7-8,11H2,1H3,(H,22,26)/t16-/m0/s1. The number of carbonyl (C=O) groups is 2. The lowest BCUT2D eigenvalue weighted by molar-refractivity contribution is -0.126. The van der Waals surface area contributed by atoms with Crippen LogP contribution in [-0.2, 0) is 17.8 Å². The average Bonchev–Trinajstić information content (AvgIpc) is 2.67.